The van der Waals surface area contributed by atoms with Gasteiger partial charge in [-0.15, -0.1) is 0 Å². The first-order valence-electron chi connectivity index (χ1n) is 6.22. The number of hydrogen-bond acceptors (Lipinski definition) is 3. The van der Waals surface area contributed by atoms with Crippen molar-refractivity contribution in [3.8, 4) is 0 Å². The molecule has 1 amide bonds. The van der Waals surface area contributed by atoms with Crippen molar-refractivity contribution < 1.29 is 14.4 Å². The van der Waals surface area contributed by atoms with Gasteiger partial charge in [0.2, 0.25) is 0 Å². The van der Waals surface area contributed by atoms with E-state index in [4.69, 9.17) is 11.6 Å². The van der Waals surface area contributed by atoms with Gasteiger partial charge in [-0.2, -0.15) is 0 Å². The van der Waals surface area contributed by atoms with Gasteiger partial charge in [0.05, 0.1) is 11.3 Å². The third kappa shape index (κ3) is 2.68. The van der Waals surface area contributed by atoms with E-state index in [1.54, 1.807) is 12.1 Å². The predicted octanol–water partition coefficient (Wildman–Crippen LogP) is 2.63. The Morgan fingerprint density at radius 3 is 2.74 bits per heavy atom. The van der Waals surface area contributed by atoms with E-state index >= 15 is 0 Å². The number of amides is 1. The highest BCUT2D eigenvalue weighted by molar-refractivity contribution is 6.52. The Morgan fingerprint density at radius 1 is 1.32 bits per heavy atom. The largest absolute Gasteiger partial charge is 0.305 e. The van der Waals surface area contributed by atoms with Crippen molar-refractivity contribution in [1.82, 2.24) is 0 Å². The molecule has 5 heteroatoms. The molecule has 0 fully saturated rings. The van der Waals surface area contributed by atoms with Crippen molar-refractivity contribution in [2.45, 2.75) is 26.2 Å². The number of hydrogen-bond donors (Lipinski definition) is 0. The van der Waals surface area contributed by atoms with Gasteiger partial charge in [0.25, 0.3) is 11.7 Å². The van der Waals surface area contributed by atoms with Crippen molar-refractivity contribution >= 4 is 34.8 Å². The molecule has 0 N–H and O–H groups in total. The van der Waals surface area contributed by atoms with Crippen LogP contribution in [0, 0.1) is 0 Å². The van der Waals surface area contributed by atoms with Gasteiger partial charge >= 0.3 is 0 Å². The average molecular weight is 280 g/mol. The molecule has 100 valence electrons. The summed E-state index contributed by atoms with van der Waals surface area (Å²) in [7, 11) is 0. The fourth-order valence-corrected chi connectivity index (χ4v) is 2.28. The maximum absolute atomic E-state index is 11.9. The first-order valence-corrected chi connectivity index (χ1v) is 6.60. The molecule has 0 atom stereocenters. The zero-order valence-corrected chi connectivity index (χ0v) is 11.4. The number of nitrogens with zero attached hydrogens (tertiary/aromatic N) is 1. The van der Waals surface area contributed by atoms with Crippen LogP contribution in [0.15, 0.2) is 18.2 Å². The molecule has 0 bridgehead atoms. The number of benzene rings is 1. The van der Waals surface area contributed by atoms with Gasteiger partial charge in [0.1, 0.15) is 5.78 Å². The van der Waals surface area contributed by atoms with Crippen LogP contribution in [0.2, 0.25) is 5.02 Å². The predicted molar refractivity (Wildman–Crippen MR) is 72.7 cm³/mol. The number of anilines is 1. The maximum Gasteiger partial charge on any atom is 0.299 e. The molecule has 1 aliphatic heterocycles. The van der Waals surface area contributed by atoms with Gasteiger partial charge in [-0.05, 0) is 24.6 Å². The molecular formula is C14H14ClNO3. The van der Waals surface area contributed by atoms with E-state index in [0.717, 1.165) is 0 Å². The Bertz CT molecular complexity index is 554. The fourth-order valence-electron chi connectivity index (χ4n) is 2.11. The molecule has 0 spiro atoms. The average Bonchev–Trinajstić information content (AvgIpc) is 2.63. The van der Waals surface area contributed by atoms with Gasteiger partial charge in [0, 0.05) is 24.4 Å². The first kappa shape index (κ1) is 13.7. The molecule has 0 saturated carbocycles. The van der Waals surface area contributed by atoms with Crippen LogP contribution in [0.1, 0.15) is 36.5 Å². The van der Waals surface area contributed by atoms with E-state index in [0.29, 0.717) is 42.1 Å². The van der Waals surface area contributed by atoms with Gasteiger partial charge in [-0.1, -0.05) is 18.5 Å². The Hall–Kier alpha value is -1.68. The lowest BCUT2D eigenvalue weighted by Gasteiger charge is -2.15. The summed E-state index contributed by atoms with van der Waals surface area (Å²) in [6.07, 6.45) is 1.49. The SMILES string of the molecule is CCC(=O)CCCN1C(=O)C(=O)c2cc(Cl)ccc21. The molecule has 1 aliphatic rings. The second-order valence-corrected chi connectivity index (χ2v) is 4.88. The molecule has 1 heterocycles. The minimum Gasteiger partial charge on any atom is -0.305 e. The zero-order valence-electron chi connectivity index (χ0n) is 10.6. The number of ketones is 2. The van der Waals surface area contributed by atoms with Crippen molar-refractivity contribution in [2.24, 2.45) is 0 Å². The maximum atomic E-state index is 11.9. The molecule has 19 heavy (non-hydrogen) atoms. The minimum atomic E-state index is -0.541. The highest BCUT2D eigenvalue weighted by atomic mass is 35.5. The monoisotopic (exact) mass is 279 g/mol. The second-order valence-electron chi connectivity index (χ2n) is 4.44. The number of carbonyl (C=O) groups is 3. The summed E-state index contributed by atoms with van der Waals surface area (Å²) < 4.78 is 0. The Morgan fingerprint density at radius 2 is 2.05 bits per heavy atom. The van der Waals surface area contributed by atoms with E-state index in [9.17, 15) is 14.4 Å². The van der Waals surface area contributed by atoms with Crippen LogP contribution in [0.4, 0.5) is 5.69 Å². The van der Waals surface area contributed by atoms with Crippen LogP contribution in [-0.2, 0) is 9.59 Å². The van der Waals surface area contributed by atoms with E-state index in [1.807, 2.05) is 6.92 Å². The number of Topliss-reactive ketones (excluding diaryl/α,β-unsaturated/α-hetero) is 2. The summed E-state index contributed by atoms with van der Waals surface area (Å²) >= 11 is 5.82. The summed E-state index contributed by atoms with van der Waals surface area (Å²) in [5.74, 6) is -0.908. The molecule has 1 aromatic carbocycles. The van der Waals surface area contributed by atoms with Crippen molar-refractivity contribution in [1.29, 1.82) is 0 Å². The van der Waals surface area contributed by atoms with Crippen molar-refractivity contribution in [3.63, 3.8) is 0 Å². The normalized spacial score (nSPS) is 13.9. The van der Waals surface area contributed by atoms with Crippen LogP contribution in [0.3, 0.4) is 0 Å². The summed E-state index contributed by atoms with van der Waals surface area (Å²) in [6.45, 7) is 2.19. The Balaban J connectivity index is 2.13. The fraction of sp³-hybridized carbons (Fsp3) is 0.357. The number of halogens is 1. The smallest absolute Gasteiger partial charge is 0.299 e. The van der Waals surface area contributed by atoms with E-state index in [2.05, 4.69) is 0 Å². The van der Waals surface area contributed by atoms with Gasteiger partial charge < -0.3 is 4.90 Å². The van der Waals surface area contributed by atoms with Gasteiger partial charge in [-0.3, -0.25) is 14.4 Å². The quantitative estimate of drug-likeness (QED) is 0.779. The van der Waals surface area contributed by atoms with Crippen molar-refractivity contribution in [3.05, 3.63) is 28.8 Å². The van der Waals surface area contributed by atoms with Gasteiger partial charge in [-0.25, -0.2) is 0 Å². The van der Waals surface area contributed by atoms with E-state index < -0.39 is 11.7 Å². The van der Waals surface area contributed by atoms with Crippen LogP contribution in [0.25, 0.3) is 0 Å². The molecule has 0 radical (unpaired) electrons. The zero-order chi connectivity index (χ0) is 14.0. The van der Waals surface area contributed by atoms with E-state index in [1.165, 1.54) is 11.0 Å². The molecule has 2 rings (SSSR count). The lowest BCUT2D eigenvalue weighted by atomic mass is 10.1. The Kier molecular flexibility index (Phi) is 4.00. The van der Waals surface area contributed by atoms with Crippen LogP contribution >= 0.6 is 11.6 Å². The third-order valence-electron chi connectivity index (χ3n) is 3.17. The Labute approximate surface area is 116 Å². The standard InChI is InChI=1S/C14H14ClNO3/c1-2-10(17)4-3-7-16-12-6-5-9(15)8-11(12)13(18)14(16)19/h5-6,8H,2-4,7H2,1H3. The molecule has 1 aromatic rings. The van der Waals surface area contributed by atoms with Crippen LogP contribution in [0.5, 0.6) is 0 Å². The molecule has 0 aromatic heterocycles. The highest BCUT2D eigenvalue weighted by Crippen LogP contribution is 2.31. The van der Waals surface area contributed by atoms with E-state index in [-0.39, 0.29) is 5.78 Å². The lowest BCUT2D eigenvalue weighted by molar-refractivity contribution is -0.119. The first-order chi connectivity index (χ1) is 9.04. The molecule has 0 unspecified atom stereocenters. The second kappa shape index (κ2) is 5.53. The summed E-state index contributed by atoms with van der Waals surface area (Å²) in [5.41, 5.74) is 0.933. The molecule has 0 saturated heterocycles. The molecular weight excluding hydrogens is 266 g/mol. The highest BCUT2D eigenvalue weighted by Gasteiger charge is 2.35. The van der Waals surface area contributed by atoms with Gasteiger partial charge in [0.15, 0.2) is 0 Å². The minimum absolute atomic E-state index is 0.161. The number of fused-ring (bicyclic) bond motifs is 1. The van der Waals surface area contributed by atoms with Crippen LogP contribution < -0.4 is 4.90 Å². The number of carbonyl (C=O) groups excluding carboxylic acids is 3. The van der Waals surface area contributed by atoms with Crippen molar-refractivity contribution in [2.75, 3.05) is 11.4 Å². The van der Waals surface area contributed by atoms with Crippen LogP contribution in [-0.4, -0.2) is 24.0 Å². The summed E-state index contributed by atoms with van der Waals surface area (Å²) in [4.78, 5) is 36.3. The topological polar surface area (TPSA) is 54.5 Å². The lowest BCUT2D eigenvalue weighted by Crippen LogP contribution is -2.30. The summed E-state index contributed by atoms with van der Waals surface area (Å²) in [5, 5.41) is 0.433. The third-order valence-corrected chi connectivity index (χ3v) is 3.40. The molecule has 0 aliphatic carbocycles. The molecule has 4 nitrogen and oxygen atoms in total. The number of rotatable bonds is 5. The summed E-state index contributed by atoms with van der Waals surface area (Å²) in [6, 6.07) is 4.83.